The molecule has 6 nitrogen and oxygen atoms in total. The molecule has 0 N–H and O–H groups in total. The highest BCUT2D eigenvalue weighted by molar-refractivity contribution is 5.66. The van der Waals surface area contributed by atoms with Gasteiger partial charge in [-0.1, -0.05) is 126 Å². The Morgan fingerprint density at radius 1 is 0.491 bits per heavy atom. The topological polar surface area (TPSA) is 78.9 Å². The van der Waals surface area contributed by atoms with Gasteiger partial charge >= 0.3 is 17.9 Å². The Hall–Kier alpha value is -3.93. The van der Waals surface area contributed by atoms with Crippen molar-refractivity contribution in [1.29, 1.82) is 0 Å². The normalized spacial score (nSPS) is 9.72. The van der Waals surface area contributed by atoms with Crippen LogP contribution in [-0.4, -0.2) is 17.9 Å². The third-order valence-corrected chi connectivity index (χ3v) is 7.92. The minimum atomic E-state index is -0.234. The van der Waals surface area contributed by atoms with Crippen molar-refractivity contribution in [3.8, 4) is 0 Å². The zero-order chi connectivity index (χ0) is 41.9. The fourth-order valence-corrected chi connectivity index (χ4v) is 5.64. The highest BCUT2D eigenvalue weighted by Gasteiger charge is 2.19. The highest BCUT2D eigenvalue weighted by atomic mass is 16.5. The molecule has 53 heavy (non-hydrogen) atoms. The SMILES string of the molecule is CC.CC.CC.CCc1c(C)cc(COC(C)=O)cc1C.CCc1c(C)cc(COC(C)=O)cc1C(C)(C)C.CCc1ccc(COC(C)=O)cc1C. The number of hydrogen-bond donors (Lipinski definition) is 0. The van der Waals surface area contributed by atoms with Gasteiger partial charge in [0.25, 0.3) is 0 Å². The molecule has 0 spiro atoms. The van der Waals surface area contributed by atoms with E-state index in [9.17, 15) is 14.4 Å². The number of esters is 3. The molecule has 0 aliphatic heterocycles. The fraction of sp³-hybridized carbons (Fsp3) is 0.553. The lowest BCUT2D eigenvalue weighted by Crippen LogP contribution is -2.16. The van der Waals surface area contributed by atoms with Gasteiger partial charge in [0.2, 0.25) is 0 Å². The second-order valence-corrected chi connectivity index (χ2v) is 13.1. The summed E-state index contributed by atoms with van der Waals surface area (Å²) in [5, 5.41) is 0. The standard InChI is InChI=1S/C16H24O2.C13H18O2.C12H16O2.3C2H6/c1-7-14-11(2)8-13(10-18-12(3)17)9-15(14)16(4,5)6;1-5-13-9(2)6-12(7-10(13)3)8-15-11(4)14;1-4-12-6-5-11(7-9(12)2)8-14-10(3)13;3*1-2/h8-9H,7,10H2,1-6H3;6-7H,5,8H2,1-4H3;5-7H,4,8H2,1-3H3;3*1-2H3. The summed E-state index contributed by atoms with van der Waals surface area (Å²) < 4.78 is 15.0. The zero-order valence-corrected chi connectivity index (χ0v) is 37.2. The molecule has 6 heteroatoms. The van der Waals surface area contributed by atoms with Crippen molar-refractivity contribution >= 4 is 17.9 Å². The van der Waals surface area contributed by atoms with Gasteiger partial charge < -0.3 is 14.2 Å². The molecule has 3 aromatic rings. The minimum absolute atomic E-state index is 0.113. The largest absolute Gasteiger partial charge is 0.461 e. The molecule has 0 amide bonds. The van der Waals surface area contributed by atoms with Gasteiger partial charge in [0, 0.05) is 20.8 Å². The number of carbonyl (C=O) groups excluding carboxylic acids is 3. The van der Waals surface area contributed by atoms with E-state index in [4.69, 9.17) is 14.2 Å². The maximum Gasteiger partial charge on any atom is 0.302 e. The van der Waals surface area contributed by atoms with Crippen molar-refractivity contribution in [2.75, 3.05) is 0 Å². The highest BCUT2D eigenvalue weighted by Crippen LogP contribution is 2.30. The summed E-state index contributed by atoms with van der Waals surface area (Å²) in [5.74, 6) is -0.698. The van der Waals surface area contributed by atoms with Crippen LogP contribution >= 0.6 is 0 Å². The van der Waals surface area contributed by atoms with Crippen LogP contribution < -0.4 is 0 Å². The van der Waals surface area contributed by atoms with Crippen LogP contribution in [0.15, 0.2) is 42.5 Å². The molecule has 0 fully saturated rings. The number of aryl methyl sites for hydroxylation is 5. The molecule has 0 aromatic heterocycles. The Kier molecular flexibility index (Phi) is 29.8. The smallest absolute Gasteiger partial charge is 0.302 e. The summed E-state index contributed by atoms with van der Waals surface area (Å²) in [4.78, 5) is 32.2. The third kappa shape index (κ3) is 22.0. The minimum Gasteiger partial charge on any atom is -0.461 e. The van der Waals surface area contributed by atoms with Gasteiger partial charge in [-0.05, 0) is 114 Å². The molecule has 0 aliphatic rings. The van der Waals surface area contributed by atoms with Gasteiger partial charge in [-0.2, -0.15) is 0 Å². The maximum absolute atomic E-state index is 10.9. The summed E-state index contributed by atoms with van der Waals surface area (Å²) in [7, 11) is 0. The zero-order valence-electron chi connectivity index (χ0n) is 37.2. The molecule has 0 aliphatic carbocycles. The van der Waals surface area contributed by atoms with Crippen molar-refractivity contribution in [1.82, 2.24) is 0 Å². The summed E-state index contributed by atoms with van der Waals surface area (Å²) in [6, 6.07) is 14.7. The molecule has 0 saturated carbocycles. The molecule has 0 radical (unpaired) electrons. The maximum atomic E-state index is 10.9. The van der Waals surface area contributed by atoms with E-state index in [1.165, 1.54) is 65.3 Å². The van der Waals surface area contributed by atoms with Crippen LogP contribution in [0.25, 0.3) is 0 Å². The van der Waals surface area contributed by atoms with Crippen molar-refractivity contribution in [2.45, 2.75) is 176 Å². The Bertz CT molecular complexity index is 1470. The number of benzene rings is 3. The summed E-state index contributed by atoms with van der Waals surface area (Å²) in [6.07, 6.45) is 3.12. The lowest BCUT2D eigenvalue weighted by molar-refractivity contribution is -0.143. The molecule has 0 bridgehead atoms. The first-order valence-corrected chi connectivity index (χ1v) is 19.6. The van der Waals surface area contributed by atoms with Crippen LogP contribution in [0.4, 0.5) is 0 Å². The van der Waals surface area contributed by atoms with Crippen molar-refractivity contribution in [3.63, 3.8) is 0 Å². The summed E-state index contributed by atoms with van der Waals surface area (Å²) in [6.45, 7) is 38.9. The van der Waals surface area contributed by atoms with Crippen LogP contribution in [-0.2, 0) is 73.1 Å². The summed E-state index contributed by atoms with van der Waals surface area (Å²) in [5.41, 5.74) is 13.9. The molecular weight excluding hydrogens is 661 g/mol. The lowest BCUT2D eigenvalue weighted by Gasteiger charge is -2.25. The molecular formula is C47H76O6. The van der Waals surface area contributed by atoms with Gasteiger partial charge in [-0.3, -0.25) is 14.4 Å². The van der Waals surface area contributed by atoms with Gasteiger partial charge in [0.05, 0.1) is 0 Å². The van der Waals surface area contributed by atoms with Crippen molar-refractivity contribution in [2.24, 2.45) is 0 Å². The molecule has 3 aromatic carbocycles. The van der Waals surface area contributed by atoms with Crippen LogP contribution in [0, 0.1) is 27.7 Å². The van der Waals surface area contributed by atoms with Crippen LogP contribution in [0.5, 0.6) is 0 Å². The quantitative estimate of drug-likeness (QED) is 0.161. The molecule has 0 unspecified atom stereocenters. The predicted molar refractivity (Wildman–Crippen MR) is 226 cm³/mol. The van der Waals surface area contributed by atoms with Crippen LogP contribution in [0.2, 0.25) is 0 Å². The van der Waals surface area contributed by atoms with Gasteiger partial charge in [-0.25, -0.2) is 0 Å². The first kappa shape index (κ1) is 53.4. The molecule has 0 atom stereocenters. The van der Waals surface area contributed by atoms with Gasteiger partial charge in [-0.15, -0.1) is 0 Å². The molecule has 3 rings (SSSR count). The van der Waals surface area contributed by atoms with Crippen LogP contribution in [0.3, 0.4) is 0 Å². The number of carbonyl (C=O) groups is 3. The van der Waals surface area contributed by atoms with E-state index in [0.29, 0.717) is 19.8 Å². The first-order chi connectivity index (χ1) is 24.9. The second kappa shape index (κ2) is 29.5. The van der Waals surface area contributed by atoms with E-state index in [1.54, 1.807) is 0 Å². The first-order valence-electron chi connectivity index (χ1n) is 19.6. The molecule has 300 valence electrons. The predicted octanol–water partition coefficient (Wildman–Crippen LogP) is 12.5. The van der Waals surface area contributed by atoms with E-state index in [0.717, 1.165) is 36.0 Å². The lowest BCUT2D eigenvalue weighted by atomic mass is 9.80. The Labute approximate surface area is 325 Å². The van der Waals surface area contributed by atoms with Crippen molar-refractivity contribution in [3.05, 3.63) is 104 Å². The Morgan fingerprint density at radius 2 is 0.830 bits per heavy atom. The van der Waals surface area contributed by atoms with Gasteiger partial charge in [0.1, 0.15) is 19.8 Å². The Morgan fingerprint density at radius 3 is 1.15 bits per heavy atom. The van der Waals surface area contributed by atoms with E-state index in [-0.39, 0.29) is 23.3 Å². The van der Waals surface area contributed by atoms with E-state index in [2.05, 4.69) is 106 Å². The number of ether oxygens (including phenoxy) is 3. The van der Waals surface area contributed by atoms with Gasteiger partial charge in [0.15, 0.2) is 0 Å². The average molecular weight is 737 g/mol. The number of hydrogen-bond acceptors (Lipinski definition) is 6. The fourth-order valence-electron chi connectivity index (χ4n) is 5.64. The van der Waals surface area contributed by atoms with Crippen molar-refractivity contribution < 1.29 is 28.6 Å². The van der Waals surface area contributed by atoms with E-state index >= 15 is 0 Å². The summed E-state index contributed by atoms with van der Waals surface area (Å²) >= 11 is 0. The second-order valence-electron chi connectivity index (χ2n) is 13.1. The van der Waals surface area contributed by atoms with E-state index < -0.39 is 0 Å². The monoisotopic (exact) mass is 737 g/mol. The number of rotatable bonds is 9. The third-order valence-electron chi connectivity index (χ3n) is 7.92. The average Bonchev–Trinajstić information content (AvgIpc) is 3.11. The van der Waals surface area contributed by atoms with E-state index in [1.807, 2.05) is 47.6 Å². The van der Waals surface area contributed by atoms with Crippen LogP contribution in [0.1, 0.15) is 165 Å². The molecule has 0 heterocycles. The Balaban J connectivity index is -0.000000663. The molecule has 0 saturated heterocycles.